The fourth-order valence-electron chi connectivity index (χ4n) is 2.03. The molecule has 0 heterocycles. The van der Waals surface area contributed by atoms with Crippen LogP contribution in [-0.2, 0) is 0 Å². The van der Waals surface area contributed by atoms with E-state index in [4.69, 9.17) is 9.84 Å². The van der Waals surface area contributed by atoms with Crippen molar-refractivity contribution in [2.45, 2.75) is 13.8 Å². The van der Waals surface area contributed by atoms with E-state index in [1.165, 1.54) is 0 Å². The van der Waals surface area contributed by atoms with Crippen molar-refractivity contribution in [3.05, 3.63) is 59.2 Å². The number of benzene rings is 2. The van der Waals surface area contributed by atoms with Gasteiger partial charge in [0.25, 0.3) is 0 Å². The lowest BCUT2D eigenvalue weighted by atomic mass is 10.1. The molecule has 0 aliphatic heterocycles. The molecule has 0 radical (unpaired) electrons. The van der Waals surface area contributed by atoms with Gasteiger partial charge in [-0.15, -0.1) is 0 Å². The zero-order valence-electron chi connectivity index (χ0n) is 12.2. The number of ether oxygens (including phenoxy) is 1. The molecule has 0 saturated heterocycles. The van der Waals surface area contributed by atoms with Crippen LogP contribution in [0, 0.1) is 13.8 Å². The summed E-state index contributed by atoms with van der Waals surface area (Å²) in [6.07, 6.45) is 0. The highest BCUT2D eigenvalue weighted by molar-refractivity contribution is 5.94. The summed E-state index contributed by atoms with van der Waals surface area (Å²) in [7, 11) is 0. The van der Waals surface area contributed by atoms with Gasteiger partial charge in [0, 0.05) is 12.2 Å². The minimum Gasteiger partial charge on any atom is -0.491 e. The van der Waals surface area contributed by atoms with Crippen molar-refractivity contribution in [1.82, 2.24) is 0 Å². The van der Waals surface area contributed by atoms with Crippen molar-refractivity contribution in [2.75, 3.05) is 18.5 Å². The van der Waals surface area contributed by atoms with E-state index in [1.807, 2.05) is 32.0 Å². The quantitative estimate of drug-likeness (QED) is 0.798. The Bertz CT molecular complexity index is 638. The monoisotopic (exact) mass is 285 g/mol. The van der Waals surface area contributed by atoms with Gasteiger partial charge in [0.2, 0.25) is 0 Å². The van der Waals surface area contributed by atoms with E-state index >= 15 is 0 Å². The normalized spacial score (nSPS) is 10.2. The van der Waals surface area contributed by atoms with Gasteiger partial charge in [-0.25, -0.2) is 4.79 Å². The predicted octanol–water partition coefficient (Wildman–Crippen LogP) is 3.49. The first-order valence-corrected chi connectivity index (χ1v) is 6.84. The molecule has 21 heavy (non-hydrogen) atoms. The second-order valence-electron chi connectivity index (χ2n) is 4.89. The number of nitrogens with one attached hydrogen (secondary N) is 1. The van der Waals surface area contributed by atoms with Crippen LogP contribution >= 0.6 is 0 Å². The molecule has 110 valence electrons. The average molecular weight is 285 g/mol. The molecule has 0 atom stereocenters. The standard InChI is InChI=1S/C17H19NO3/c1-12-7-8-13(2)16(11-12)21-10-9-18-15-6-4-3-5-14(15)17(19)20/h3-8,11,18H,9-10H2,1-2H3,(H,19,20). The van der Waals surface area contributed by atoms with E-state index in [0.717, 1.165) is 16.9 Å². The van der Waals surface area contributed by atoms with Crippen LogP contribution in [0.3, 0.4) is 0 Å². The van der Waals surface area contributed by atoms with E-state index in [2.05, 4.69) is 5.32 Å². The summed E-state index contributed by atoms with van der Waals surface area (Å²) < 4.78 is 5.73. The second kappa shape index (κ2) is 6.79. The number of carboxylic acids is 1. The molecule has 0 bridgehead atoms. The maximum Gasteiger partial charge on any atom is 0.337 e. The van der Waals surface area contributed by atoms with Gasteiger partial charge in [-0.05, 0) is 43.2 Å². The van der Waals surface area contributed by atoms with Crippen LogP contribution in [0.4, 0.5) is 5.69 Å². The number of hydrogen-bond acceptors (Lipinski definition) is 3. The fraction of sp³-hybridized carbons (Fsp3) is 0.235. The number of aryl methyl sites for hydroxylation is 2. The van der Waals surface area contributed by atoms with E-state index < -0.39 is 5.97 Å². The van der Waals surface area contributed by atoms with Crippen molar-refractivity contribution in [3.8, 4) is 5.75 Å². The number of para-hydroxylation sites is 1. The van der Waals surface area contributed by atoms with Gasteiger partial charge < -0.3 is 15.2 Å². The predicted molar refractivity (Wildman–Crippen MR) is 83.3 cm³/mol. The third-order valence-electron chi connectivity index (χ3n) is 3.18. The highest BCUT2D eigenvalue weighted by atomic mass is 16.5. The highest BCUT2D eigenvalue weighted by Gasteiger charge is 2.08. The van der Waals surface area contributed by atoms with E-state index in [0.29, 0.717) is 18.8 Å². The summed E-state index contributed by atoms with van der Waals surface area (Å²) in [5, 5.41) is 12.2. The summed E-state index contributed by atoms with van der Waals surface area (Å²) >= 11 is 0. The van der Waals surface area contributed by atoms with Gasteiger partial charge in [0.05, 0.1) is 5.56 Å². The lowest BCUT2D eigenvalue weighted by Gasteiger charge is -2.12. The summed E-state index contributed by atoms with van der Waals surface area (Å²) in [6.45, 7) is 5.03. The smallest absolute Gasteiger partial charge is 0.337 e. The summed E-state index contributed by atoms with van der Waals surface area (Å²) in [4.78, 5) is 11.1. The molecular weight excluding hydrogens is 266 g/mol. The van der Waals surface area contributed by atoms with Crippen molar-refractivity contribution >= 4 is 11.7 Å². The number of anilines is 1. The van der Waals surface area contributed by atoms with Gasteiger partial charge in [0.15, 0.2) is 0 Å². The van der Waals surface area contributed by atoms with Crippen LogP contribution in [0.2, 0.25) is 0 Å². The topological polar surface area (TPSA) is 58.6 Å². The van der Waals surface area contributed by atoms with Gasteiger partial charge in [-0.2, -0.15) is 0 Å². The maximum atomic E-state index is 11.1. The van der Waals surface area contributed by atoms with Gasteiger partial charge in [-0.1, -0.05) is 24.3 Å². The minimum atomic E-state index is -0.937. The Morgan fingerprint density at radius 1 is 1.19 bits per heavy atom. The third kappa shape index (κ3) is 3.99. The Morgan fingerprint density at radius 2 is 1.95 bits per heavy atom. The number of hydrogen-bond donors (Lipinski definition) is 2. The summed E-state index contributed by atoms with van der Waals surface area (Å²) in [5.74, 6) is -0.0723. The number of carbonyl (C=O) groups is 1. The van der Waals surface area contributed by atoms with Crippen molar-refractivity contribution in [1.29, 1.82) is 0 Å². The van der Waals surface area contributed by atoms with E-state index in [9.17, 15) is 4.79 Å². The lowest BCUT2D eigenvalue weighted by molar-refractivity contribution is 0.0698. The first kappa shape index (κ1) is 14.9. The van der Waals surface area contributed by atoms with Crippen LogP contribution in [-0.4, -0.2) is 24.2 Å². The molecule has 4 nitrogen and oxygen atoms in total. The zero-order valence-corrected chi connectivity index (χ0v) is 12.2. The molecule has 4 heteroatoms. The fourth-order valence-corrected chi connectivity index (χ4v) is 2.03. The van der Waals surface area contributed by atoms with Gasteiger partial charge >= 0.3 is 5.97 Å². The molecule has 2 N–H and O–H groups in total. The first-order valence-electron chi connectivity index (χ1n) is 6.84. The Balaban J connectivity index is 1.91. The Labute approximate surface area is 124 Å². The molecule has 0 aromatic heterocycles. The van der Waals surface area contributed by atoms with Crippen LogP contribution < -0.4 is 10.1 Å². The third-order valence-corrected chi connectivity index (χ3v) is 3.18. The summed E-state index contributed by atoms with van der Waals surface area (Å²) in [5.41, 5.74) is 3.12. The van der Waals surface area contributed by atoms with Crippen LogP contribution in [0.15, 0.2) is 42.5 Å². The molecule has 0 aliphatic carbocycles. The van der Waals surface area contributed by atoms with Gasteiger partial charge in [0.1, 0.15) is 12.4 Å². The second-order valence-corrected chi connectivity index (χ2v) is 4.89. The molecule has 0 amide bonds. The average Bonchev–Trinajstić information content (AvgIpc) is 2.47. The van der Waals surface area contributed by atoms with Crippen molar-refractivity contribution in [2.24, 2.45) is 0 Å². The SMILES string of the molecule is Cc1ccc(C)c(OCCNc2ccccc2C(=O)O)c1. The highest BCUT2D eigenvalue weighted by Crippen LogP contribution is 2.19. The molecule has 2 aromatic rings. The largest absolute Gasteiger partial charge is 0.491 e. The number of carboxylic acid groups (broad SMARTS) is 1. The maximum absolute atomic E-state index is 11.1. The van der Waals surface area contributed by atoms with Gasteiger partial charge in [-0.3, -0.25) is 0 Å². The van der Waals surface area contributed by atoms with Crippen LogP contribution in [0.1, 0.15) is 21.5 Å². The van der Waals surface area contributed by atoms with Crippen molar-refractivity contribution < 1.29 is 14.6 Å². The molecular formula is C17H19NO3. The Hall–Kier alpha value is -2.49. The number of rotatable bonds is 6. The molecule has 0 unspecified atom stereocenters. The Morgan fingerprint density at radius 3 is 2.71 bits per heavy atom. The summed E-state index contributed by atoms with van der Waals surface area (Å²) in [6, 6.07) is 12.9. The lowest BCUT2D eigenvalue weighted by Crippen LogP contribution is -2.14. The minimum absolute atomic E-state index is 0.268. The molecule has 0 spiro atoms. The molecule has 2 aromatic carbocycles. The molecule has 0 saturated carbocycles. The van der Waals surface area contributed by atoms with E-state index in [1.54, 1.807) is 24.3 Å². The van der Waals surface area contributed by atoms with Crippen LogP contribution in [0.25, 0.3) is 0 Å². The van der Waals surface area contributed by atoms with E-state index in [-0.39, 0.29) is 5.56 Å². The molecule has 2 rings (SSSR count). The Kier molecular flexibility index (Phi) is 4.82. The number of aromatic carboxylic acids is 1. The first-order chi connectivity index (χ1) is 10.1. The molecule has 0 aliphatic rings. The molecule has 0 fully saturated rings. The van der Waals surface area contributed by atoms with Crippen LogP contribution in [0.5, 0.6) is 5.75 Å². The zero-order chi connectivity index (χ0) is 15.2. The van der Waals surface area contributed by atoms with Crippen molar-refractivity contribution in [3.63, 3.8) is 0 Å².